The molecule has 1 aromatic rings. The third-order valence-electron chi connectivity index (χ3n) is 2.40. The predicted octanol–water partition coefficient (Wildman–Crippen LogP) is 3.47. The lowest BCUT2D eigenvalue weighted by Gasteiger charge is -2.11. The van der Waals surface area contributed by atoms with Gasteiger partial charge in [-0.2, -0.15) is 0 Å². The summed E-state index contributed by atoms with van der Waals surface area (Å²) in [6.45, 7) is 2.56. The molecule has 0 aliphatic rings. The van der Waals surface area contributed by atoms with Gasteiger partial charge in [0.25, 0.3) is 0 Å². The Bertz CT molecular complexity index is 452. The molecule has 104 valence electrons. The fourth-order valence-corrected chi connectivity index (χ4v) is 2.82. The Hall–Kier alpha value is -0.910. The first-order valence-electron chi connectivity index (χ1n) is 5.86. The topological polar surface area (TPSA) is 35.5 Å². The molecule has 3 nitrogen and oxygen atoms in total. The van der Waals surface area contributed by atoms with Crippen LogP contribution in [-0.4, -0.2) is 32.5 Å². The Morgan fingerprint density at radius 1 is 1.21 bits per heavy atom. The zero-order valence-corrected chi connectivity index (χ0v) is 13.0. The number of rotatable bonds is 6. The zero-order chi connectivity index (χ0) is 14.3. The smallest absolute Gasteiger partial charge is 0.337 e. The Labute approximate surface area is 123 Å². The number of carbonyl (C=O) groups excluding carboxylic acids is 1. The van der Waals surface area contributed by atoms with E-state index in [1.165, 1.54) is 7.11 Å². The van der Waals surface area contributed by atoms with Crippen molar-refractivity contribution in [3.63, 3.8) is 0 Å². The lowest BCUT2D eigenvalue weighted by atomic mass is 10.1. The van der Waals surface area contributed by atoms with Crippen LogP contribution in [0.1, 0.15) is 22.8 Å². The highest BCUT2D eigenvalue weighted by Gasteiger charge is 2.09. The maximum absolute atomic E-state index is 11.4. The Balaban J connectivity index is 3.04. The number of esters is 1. The minimum atomic E-state index is -0.330. The van der Waals surface area contributed by atoms with E-state index < -0.39 is 0 Å². The molecule has 0 N–H and O–H groups in total. The molecule has 1 rings (SSSR count). The summed E-state index contributed by atoms with van der Waals surface area (Å²) in [5, 5.41) is 0. The van der Waals surface area contributed by atoms with Gasteiger partial charge in [-0.3, -0.25) is 0 Å². The van der Waals surface area contributed by atoms with E-state index in [0.29, 0.717) is 12.2 Å². The van der Waals surface area contributed by atoms with Crippen LogP contribution < -0.4 is 0 Å². The van der Waals surface area contributed by atoms with E-state index in [1.54, 1.807) is 31.0 Å². The molecular weight excluding hydrogens is 280 g/mol. The molecule has 1 aromatic carbocycles. The van der Waals surface area contributed by atoms with E-state index in [-0.39, 0.29) is 5.97 Å². The van der Waals surface area contributed by atoms with Gasteiger partial charge >= 0.3 is 5.97 Å². The van der Waals surface area contributed by atoms with Crippen LogP contribution in [0.25, 0.3) is 4.91 Å². The molecule has 0 fully saturated rings. The Kier molecular flexibility index (Phi) is 7.05. The molecule has 0 heterocycles. The summed E-state index contributed by atoms with van der Waals surface area (Å²) >= 11 is 6.18. The minimum Gasteiger partial charge on any atom is -0.465 e. The highest BCUT2D eigenvalue weighted by Crippen LogP contribution is 2.32. The molecule has 0 atom stereocenters. The molecule has 0 saturated carbocycles. The molecule has 0 radical (unpaired) electrons. The Morgan fingerprint density at radius 2 is 1.79 bits per heavy atom. The molecule has 0 saturated heterocycles. The fraction of sp³-hybridized carbons (Fsp3) is 0.357. The van der Waals surface area contributed by atoms with Crippen molar-refractivity contribution in [3.05, 3.63) is 40.3 Å². The molecule has 0 aromatic heterocycles. The second-order valence-corrected chi connectivity index (χ2v) is 5.52. The first kappa shape index (κ1) is 16.1. The maximum atomic E-state index is 11.4. The van der Waals surface area contributed by atoms with Gasteiger partial charge in [0.1, 0.15) is 0 Å². The van der Waals surface area contributed by atoms with Crippen molar-refractivity contribution in [2.45, 2.75) is 6.92 Å². The van der Waals surface area contributed by atoms with Gasteiger partial charge in [-0.05, 0) is 23.4 Å². The zero-order valence-electron chi connectivity index (χ0n) is 11.3. The molecule has 0 aliphatic heterocycles. The molecule has 0 unspecified atom stereocenters. The van der Waals surface area contributed by atoms with Gasteiger partial charge < -0.3 is 9.47 Å². The molecule has 0 aliphatic carbocycles. The normalized spacial score (nSPS) is 12.0. The number of carbonyl (C=O) groups is 1. The fourth-order valence-electron chi connectivity index (χ4n) is 1.56. The van der Waals surface area contributed by atoms with Gasteiger partial charge in [-0.15, -0.1) is 24.4 Å². The highest BCUT2D eigenvalue weighted by molar-refractivity contribution is 8.09. The average Bonchev–Trinajstić information content (AvgIpc) is 2.44. The van der Waals surface area contributed by atoms with Crippen LogP contribution in [0.4, 0.5) is 0 Å². The van der Waals surface area contributed by atoms with Crippen LogP contribution in [0.3, 0.4) is 0 Å². The molecule has 19 heavy (non-hydrogen) atoms. The highest BCUT2D eigenvalue weighted by atomic mass is 32.2. The molecule has 0 bridgehead atoms. The standard InChI is InChI=1S/C14H18O3S2/c1-4-19-13(12(18)9-16-2)10-5-7-11(8-6-10)14(15)17-3/h5-8,18H,4,9H2,1-3H3/b13-12-. The summed E-state index contributed by atoms with van der Waals surface area (Å²) in [5.41, 5.74) is 1.57. The lowest BCUT2D eigenvalue weighted by Crippen LogP contribution is -2.01. The molecule has 5 heteroatoms. The van der Waals surface area contributed by atoms with Crippen LogP contribution in [0.5, 0.6) is 0 Å². The number of benzene rings is 1. The van der Waals surface area contributed by atoms with Gasteiger partial charge in [0.2, 0.25) is 0 Å². The predicted molar refractivity (Wildman–Crippen MR) is 83.7 cm³/mol. The number of hydrogen-bond acceptors (Lipinski definition) is 5. The van der Waals surface area contributed by atoms with Gasteiger partial charge in [-0.1, -0.05) is 19.1 Å². The monoisotopic (exact) mass is 298 g/mol. The quantitative estimate of drug-likeness (QED) is 0.644. The first-order valence-corrected chi connectivity index (χ1v) is 7.29. The minimum absolute atomic E-state index is 0.330. The SMILES string of the molecule is CCS/C(=C(\S)COC)c1ccc(C(=O)OC)cc1. The van der Waals surface area contributed by atoms with E-state index in [0.717, 1.165) is 21.1 Å². The molecule has 0 amide bonds. The van der Waals surface area contributed by atoms with Crippen molar-refractivity contribution in [2.75, 3.05) is 26.6 Å². The largest absolute Gasteiger partial charge is 0.465 e. The number of thioether (sulfide) groups is 1. The summed E-state index contributed by atoms with van der Waals surface area (Å²) in [7, 11) is 3.02. The van der Waals surface area contributed by atoms with Crippen molar-refractivity contribution in [1.82, 2.24) is 0 Å². The van der Waals surface area contributed by atoms with Crippen LogP contribution in [0.2, 0.25) is 0 Å². The van der Waals surface area contributed by atoms with Crippen molar-refractivity contribution < 1.29 is 14.3 Å². The van der Waals surface area contributed by atoms with E-state index in [1.807, 2.05) is 12.1 Å². The molecule has 0 spiro atoms. The summed E-state index contributed by atoms with van der Waals surface area (Å²) in [5.74, 6) is 0.616. The third-order valence-corrected chi connectivity index (χ3v) is 3.96. The second-order valence-electron chi connectivity index (χ2n) is 3.71. The number of hydrogen-bond donors (Lipinski definition) is 1. The third kappa shape index (κ3) is 4.60. The van der Waals surface area contributed by atoms with Gasteiger partial charge in [-0.25, -0.2) is 4.79 Å². The number of thiol groups is 1. The summed E-state index contributed by atoms with van der Waals surface area (Å²) in [6.07, 6.45) is 0. The Morgan fingerprint density at radius 3 is 2.26 bits per heavy atom. The van der Waals surface area contributed by atoms with Gasteiger partial charge in [0.15, 0.2) is 0 Å². The van der Waals surface area contributed by atoms with Crippen molar-refractivity contribution in [3.8, 4) is 0 Å². The maximum Gasteiger partial charge on any atom is 0.337 e. The van der Waals surface area contributed by atoms with Crippen LogP contribution in [-0.2, 0) is 9.47 Å². The number of ether oxygens (including phenoxy) is 2. The molecular formula is C14H18O3S2. The van der Waals surface area contributed by atoms with E-state index in [4.69, 9.17) is 4.74 Å². The van der Waals surface area contributed by atoms with E-state index in [2.05, 4.69) is 24.3 Å². The van der Waals surface area contributed by atoms with Crippen LogP contribution in [0, 0.1) is 0 Å². The van der Waals surface area contributed by atoms with Crippen molar-refractivity contribution >= 4 is 35.3 Å². The van der Waals surface area contributed by atoms with Crippen molar-refractivity contribution in [2.24, 2.45) is 0 Å². The van der Waals surface area contributed by atoms with E-state index >= 15 is 0 Å². The average molecular weight is 298 g/mol. The summed E-state index contributed by atoms with van der Waals surface area (Å²) in [6, 6.07) is 7.31. The van der Waals surface area contributed by atoms with E-state index in [9.17, 15) is 4.79 Å². The van der Waals surface area contributed by atoms with Crippen LogP contribution in [0.15, 0.2) is 29.2 Å². The number of methoxy groups -OCH3 is 2. The lowest BCUT2D eigenvalue weighted by molar-refractivity contribution is 0.0601. The van der Waals surface area contributed by atoms with Crippen LogP contribution >= 0.6 is 24.4 Å². The first-order chi connectivity index (χ1) is 9.13. The van der Waals surface area contributed by atoms with Crippen molar-refractivity contribution in [1.29, 1.82) is 0 Å². The van der Waals surface area contributed by atoms with Gasteiger partial charge in [0, 0.05) is 16.9 Å². The summed E-state index contributed by atoms with van der Waals surface area (Å²) in [4.78, 5) is 13.3. The van der Waals surface area contributed by atoms with Gasteiger partial charge in [0.05, 0.1) is 19.3 Å². The summed E-state index contributed by atoms with van der Waals surface area (Å²) < 4.78 is 9.79. The second kappa shape index (κ2) is 8.30.